The summed E-state index contributed by atoms with van der Waals surface area (Å²) in [6.07, 6.45) is 7.44. The lowest BCUT2D eigenvalue weighted by molar-refractivity contribution is 0.229. The first-order valence-electron chi connectivity index (χ1n) is 6.09. The molecule has 0 amide bonds. The zero-order valence-corrected chi connectivity index (χ0v) is 9.84. The lowest BCUT2D eigenvalue weighted by Gasteiger charge is -2.29. The van der Waals surface area contributed by atoms with Crippen molar-refractivity contribution in [1.82, 2.24) is 0 Å². The number of hydrogen-bond acceptors (Lipinski definition) is 0. The summed E-state index contributed by atoms with van der Waals surface area (Å²) >= 11 is 0. The van der Waals surface area contributed by atoms with Gasteiger partial charge in [0.15, 0.2) is 0 Å². The zero-order valence-electron chi connectivity index (χ0n) is 9.84. The fourth-order valence-electron chi connectivity index (χ4n) is 2.36. The van der Waals surface area contributed by atoms with Crippen LogP contribution in [0.25, 0.3) is 0 Å². The molecule has 0 spiro atoms. The van der Waals surface area contributed by atoms with Crippen molar-refractivity contribution in [2.24, 2.45) is 23.7 Å². The van der Waals surface area contributed by atoms with Crippen LogP contribution >= 0.6 is 0 Å². The molecule has 1 fully saturated rings. The Morgan fingerprint density at radius 1 is 1.00 bits per heavy atom. The molecule has 0 aliphatic heterocycles. The van der Waals surface area contributed by atoms with Gasteiger partial charge in [0.1, 0.15) is 0 Å². The van der Waals surface area contributed by atoms with Crippen molar-refractivity contribution in [3.63, 3.8) is 0 Å². The molecule has 0 nitrogen and oxygen atoms in total. The molecule has 0 aromatic carbocycles. The summed E-state index contributed by atoms with van der Waals surface area (Å²) in [5.41, 5.74) is 0. The molecule has 1 aliphatic carbocycles. The summed E-state index contributed by atoms with van der Waals surface area (Å²) in [7, 11) is 0. The molecule has 78 valence electrons. The van der Waals surface area contributed by atoms with Crippen molar-refractivity contribution >= 4 is 0 Å². The van der Waals surface area contributed by atoms with Gasteiger partial charge in [-0.2, -0.15) is 0 Å². The average Bonchev–Trinajstić information content (AvgIpc) is 2.08. The minimum Gasteiger partial charge on any atom is -0.0625 e. The first-order valence-corrected chi connectivity index (χ1v) is 6.09. The van der Waals surface area contributed by atoms with E-state index in [0.717, 1.165) is 23.7 Å². The van der Waals surface area contributed by atoms with Crippen molar-refractivity contribution in [3.8, 4) is 0 Å². The molecule has 1 saturated carbocycles. The second-order valence-corrected chi connectivity index (χ2v) is 5.58. The predicted octanol–water partition coefficient (Wildman–Crippen LogP) is 4.49. The van der Waals surface area contributed by atoms with Gasteiger partial charge >= 0.3 is 0 Å². The minimum absolute atomic E-state index is 0.874. The maximum atomic E-state index is 2.42. The molecule has 0 bridgehead atoms. The summed E-state index contributed by atoms with van der Waals surface area (Å²) in [5, 5.41) is 0. The zero-order chi connectivity index (χ0) is 9.84. The third-order valence-electron chi connectivity index (χ3n) is 3.98. The fraction of sp³-hybridized carbons (Fsp3) is 1.00. The second-order valence-electron chi connectivity index (χ2n) is 5.58. The molecule has 0 heteroatoms. The van der Waals surface area contributed by atoms with E-state index in [-0.39, 0.29) is 0 Å². The first-order chi connectivity index (χ1) is 6.09. The second kappa shape index (κ2) is 5.02. The highest BCUT2D eigenvalue weighted by molar-refractivity contribution is 4.72. The van der Waals surface area contributed by atoms with Crippen LogP contribution in [0.1, 0.15) is 59.8 Å². The van der Waals surface area contributed by atoms with Gasteiger partial charge in [-0.1, -0.05) is 53.4 Å². The Bertz CT molecular complexity index is 129. The van der Waals surface area contributed by atoms with Crippen LogP contribution in [-0.4, -0.2) is 0 Å². The van der Waals surface area contributed by atoms with Gasteiger partial charge in [0.05, 0.1) is 0 Å². The molecule has 0 unspecified atom stereocenters. The molecule has 1 rings (SSSR count). The van der Waals surface area contributed by atoms with Crippen LogP contribution in [0.3, 0.4) is 0 Å². The summed E-state index contributed by atoms with van der Waals surface area (Å²) in [6, 6.07) is 0. The highest BCUT2D eigenvalue weighted by Crippen LogP contribution is 2.33. The van der Waals surface area contributed by atoms with Crippen LogP contribution in [0.4, 0.5) is 0 Å². The molecule has 0 aromatic rings. The molecule has 0 radical (unpaired) electrons. The van der Waals surface area contributed by atoms with E-state index >= 15 is 0 Å². The van der Waals surface area contributed by atoms with E-state index in [1.807, 2.05) is 0 Å². The van der Waals surface area contributed by atoms with Gasteiger partial charge in [0.2, 0.25) is 0 Å². The Morgan fingerprint density at radius 2 is 1.54 bits per heavy atom. The van der Waals surface area contributed by atoms with Crippen LogP contribution in [0, 0.1) is 23.7 Å². The van der Waals surface area contributed by atoms with E-state index in [1.165, 1.54) is 32.1 Å². The molecule has 0 aromatic heterocycles. The van der Waals surface area contributed by atoms with Gasteiger partial charge in [0, 0.05) is 0 Å². The standard InChI is InChI=1S/C13H26/c1-10(2)12(4)9-13-7-5-11(3)6-8-13/h10-13H,5-9H2,1-4H3/t11?,12-,13?/m0/s1. The van der Waals surface area contributed by atoms with E-state index in [4.69, 9.17) is 0 Å². The molecule has 1 atom stereocenters. The SMILES string of the molecule is CC1CCC(C[C@H](C)C(C)C)CC1. The Kier molecular flexibility index (Phi) is 4.28. The van der Waals surface area contributed by atoms with Gasteiger partial charge in [-0.15, -0.1) is 0 Å². The highest BCUT2D eigenvalue weighted by Gasteiger charge is 2.20. The predicted molar refractivity (Wildman–Crippen MR) is 59.7 cm³/mol. The Balaban J connectivity index is 2.22. The fourth-order valence-corrected chi connectivity index (χ4v) is 2.36. The lowest BCUT2D eigenvalue weighted by atomic mass is 9.77. The summed E-state index contributed by atoms with van der Waals surface area (Å²) in [5.74, 6) is 3.86. The normalized spacial score (nSPS) is 32.1. The summed E-state index contributed by atoms with van der Waals surface area (Å²) < 4.78 is 0. The van der Waals surface area contributed by atoms with Crippen LogP contribution in [0.5, 0.6) is 0 Å². The van der Waals surface area contributed by atoms with Crippen LogP contribution < -0.4 is 0 Å². The van der Waals surface area contributed by atoms with E-state index in [2.05, 4.69) is 27.7 Å². The molecule has 0 heterocycles. The Morgan fingerprint density at radius 3 is 2.00 bits per heavy atom. The van der Waals surface area contributed by atoms with Crippen LogP contribution in [0.15, 0.2) is 0 Å². The molecule has 13 heavy (non-hydrogen) atoms. The highest BCUT2D eigenvalue weighted by atomic mass is 14.3. The third kappa shape index (κ3) is 3.70. The van der Waals surface area contributed by atoms with Gasteiger partial charge < -0.3 is 0 Å². The Hall–Kier alpha value is 0. The van der Waals surface area contributed by atoms with Gasteiger partial charge in [-0.05, 0) is 30.1 Å². The molecular formula is C13H26. The number of rotatable bonds is 3. The smallest absolute Gasteiger partial charge is 0.0411 e. The minimum atomic E-state index is 0.874. The van der Waals surface area contributed by atoms with E-state index in [1.54, 1.807) is 0 Å². The van der Waals surface area contributed by atoms with Crippen LogP contribution in [0.2, 0.25) is 0 Å². The molecular weight excluding hydrogens is 156 g/mol. The van der Waals surface area contributed by atoms with E-state index in [9.17, 15) is 0 Å². The lowest BCUT2D eigenvalue weighted by Crippen LogP contribution is -2.17. The van der Waals surface area contributed by atoms with Crippen molar-refractivity contribution in [2.45, 2.75) is 59.8 Å². The van der Waals surface area contributed by atoms with Gasteiger partial charge in [-0.25, -0.2) is 0 Å². The Labute approximate surface area is 84.1 Å². The largest absolute Gasteiger partial charge is 0.0625 e. The quantitative estimate of drug-likeness (QED) is 0.603. The van der Waals surface area contributed by atoms with Gasteiger partial charge in [-0.3, -0.25) is 0 Å². The monoisotopic (exact) mass is 182 g/mol. The molecule has 0 N–H and O–H groups in total. The molecule has 0 saturated heterocycles. The third-order valence-corrected chi connectivity index (χ3v) is 3.98. The maximum absolute atomic E-state index is 2.42. The summed E-state index contributed by atoms with van der Waals surface area (Å²) in [4.78, 5) is 0. The van der Waals surface area contributed by atoms with E-state index < -0.39 is 0 Å². The topological polar surface area (TPSA) is 0 Å². The number of hydrogen-bond donors (Lipinski definition) is 0. The van der Waals surface area contributed by atoms with Crippen molar-refractivity contribution in [3.05, 3.63) is 0 Å². The van der Waals surface area contributed by atoms with Crippen molar-refractivity contribution in [2.75, 3.05) is 0 Å². The van der Waals surface area contributed by atoms with Gasteiger partial charge in [0.25, 0.3) is 0 Å². The van der Waals surface area contributed by atoms with Crippen LogP contribution in [-0.2, 0) is 0 Å². The summed E-state index contributed by atoms with van der Waals surface area (Å²) in [6.45, 7) is 9.54. The van der Waals surface area contributed by atoms with Crippen molar-refractivity contribution in [1.29, 1.82) is 0 Å². The average molecular weight is 182 g/mol. The van der Waals surface area contributed by atoms with Crippen molar-refractivity contribution < 1.29 is 0 Å². The maximum Gasteiger partial charge on any atom is -0.0411 e. The molecule has 1 aliphatic rings. The van der Waals surface area contributed by atoms with E-state index in [0.29, 0.717) is 0 Å². The first kappa shape index (κ1) is 11.1.